The predicted molar refractivity (Wildman–Crippen MR) is 85.8 cm³/mol. The molecule has 5 nitrogen and oxygen atoms in total. The monoisotopic (exact) mass is 308 g/mol. The topological polar surface area (TPSA) is 63.5 Å². The maximum atomic E-state index is 11.7. The fourth-order valence-electron chi connectivity index (χ4n) is 2.75. The van der Waals surface area contributed by atoms with Gasteiger partial charge in [-0.25, -0.2) is 4.79 Å². The van der Waals surface area contributed by atoms with E-state index in [0.717, 1.165) is 38.0 Å². The average Bonchev–Trinajstić information content (AvgIpc) is 2.85. The number of rotatable bonds is 5. The highest BCUT2D eigenvalue weighted by atomic mass is 16.6. The van der Waals surface area contributed by atoms with Gasteiger partial charge in [0, 0.05) is 24.1 Å². The highest BCUT2D eigenvalue weighted by molar-refractivity contribution is 5.67. The van der Waals surface area contributed by atoms with Crippen LogP contribution < -0.4 is 10.6 Å². The van der Waals surface area contributed by atoms with Gasteiger partial charge in [0.05, 0.1) is 6.26 Å². The first kappa shape index (κ1) is 16.9. The minimum atomic E-state index is -0.457. The van der Waals surface area contributed by atoms with E-state index in [1.807, 2.05) is 27.7 Å². The number of aryl methyl sites for hydroxylation is 1. The normalized spacial score (nSPS) is 19.4. The van der Waals surface area contributed by atoms with Crippen molar-refractivity contribution in [3.8, 4) is 0 Å². The van der Waals surface area contributed by atoms with Gasteiger partial charge >= 0.3 is 6.09 Å². The number of nitrogens with one attached hydrogen (secondary N) is 2. The maximum Gasteiger partial charge on any atom is 0.407 e. The highest BCUT2D eigenvalue weighted by Crippen LogP contribution is 2.30. The molecule has 1 aliphatic rings. The SMILES string of the molecule is CC(CCNC1CCCc2occc21)NC(=O)OC(C)(C)C. The number of furan rings is 1. The molecular formula is C17H28N2O3. The summed E-state index contributed by atoms with van der Waals surface area (Å²) in [6.07, 6.45) is 5.62. The Morgan fingerprint density at radius 3 is 3.00 bits per heavy atom. The molecule has 2 rings (SSSR count). The van der Waals surface area contributed by atoms with Gasteiger partial charge in [-0.2, -0.15) is 0 Å². The molecule has 2 atom stereocenters. The number of fused-ring (bicyclic) bond motifs is 1. The molecule has 0 aliphatic heterocycles. The number of alkyl carbamates (subject to hydrolysis) is 1. The Balaban J connectivity index is 1.70. The van der Waals surface area contributed by atoms with Crippen LogP contribution in [-0.4, -0.2) is 24.3 Å². The number of hydrogen-bond acceptors (Lipinski definition) is 4. The number of carbonyl (C=O) groups is 1. The van der Waals surface area contributed by atoms with Crippen molar-refractivity contribution < 1.29 is 13.9 Å². The van der Waals surface area contributed by atoms with Crippen LogP contribution in [0.15, 0.2) is 16.7 Å². The summed E-state index contributed by atoms with van der Waals surface area (Å²) in [4.78, 5) is 11.7. The lowest BCUT2D eigenvalue weighted by molar-refractivity contribution is 0.0506. The maximum absolute atomic E-state index is 11.7. The van der Waals surface area contributed by atoms with Crippen LogP contribution in [0.25, 0.3) is 0 Å². The second-order valence-electron chi connectivity index (χ2n) is 7.03. The molecule has 2 N–H and O–H groups in total. The van der Waals surface area contributed by atoms with Gasteiger partial charge < -0.3 is 19.8 Å². The van der Waals surface area contributed by atoms with E-state index in [1.165, 1.54) is 5.56 Å². The van der Waals surface area contributed by atoms with Crippen LogP contribution in [0, 0.1) is 0 Å². The van der Waals surface area contributed by atoms with Crippen LogP contribution in [-0.2, 0) is 11.2 Å². The van der Waals surface area contributed by atoms with E-state index in [2.05, 4.69) is 16.7 Å². The van der Waals surface area contributed by atoms with Gasteiger partial charge in [-0.3, -0.25) is 0 Å². The molecule has 1 aromatic rings. The van der Waals surface area contributed by atoms with Crippen molar-refractivity contribution in [2.45, 2.75) is 71.1 Å². The zero-order valence-corrected chi connectivity index (χ0v) is 14.1. The second-order valence-corrected chi connectivity index (χ2v) is 7.03. The van der Waals surface area contributed by atoms with E-state index in [0.29, 0.717) is 6.04 Å². The van der Waals surface area contributed by atoms with E-state index < -0.39 is 5.60 Å². The van der Waals surface area contributed by atoms with Gasteiger partial charge in [0.15, 0.2) is 0 Å². The fraction of sp³-hybridized carbons (Fsp3) is 0.706. The van der Waals surface area contributed by atoms with E-state index in [9.17, 15) is 4.79 Å². The van der Waals surface area contributed by atoms with Crippen molar-refractivity contribution in [2.75, 3.05) is 6.54 Å². The molecule has 0 saturated heterocycles. The Hall–Kier alpha value is -1.49. The van der Waals surface area contributed by atoms with Crippen LogP contribution in [0.4, 0.5) is 4.79 Å². The summed E-state index contributed by atoms with van der Waals surface area (Å²) < 4.78 is 10.8. The summed E-state index contributed by atoms with van der Waals surface area (Å²) in [5, 5.41) is 6.43. The van der Waals surface area contributed by atoms with Gasteiger partial charge in [-0.15, -0.1) is 0 Å². The standard InChI is InChI=1S/C17H28N2O3/c1-12(19-16(20)22-17(2,3)4)8-10-18-14-6-5-7-15-13(14)9-11-21-15/h9,11-12,14,18H,5-8,10H2,1-4H3,(H,19,20). The number of ether oxygens (including phenoxy) is 1. The van der Waals surface area contributed by atoms with E-state index in [1.54, 1.807) is 6.26 Å². The molecule has 0 saturated carbocycles. The number of amides is 1. The summed E-state index contributed by atoms with van der Waals surface area (Å²) in [5.74, 6) is 1.11. The van der Waals surface area contributed by atoms with Crippen molar-refractivity contribution in [3.05, 3.63) is 23.7 Å². The largest absolute Gasteiger partial charge is 0.469 e. The molecule has 124 valence electrons. The van der Waals surface area contributed by atoms with Crippen molar-refractivity contribution >= 4 is 6.09 Å². The molecule has 1 heterocycles. The lowest BCUT2D eigenvalue weighted by atomic mass is 9.93. The third-order valence-corrected chi connectivity index (χ3v) is 3.78. The first-order chi connectivity index (χ1) is 10.3. The molecule has 0 fully saturated rings. The Kier molecular flexibility index (Phi) is 5.51. The lowest BCUT2D eigenvalue weighted by Gasteiger charge is -2.24. The van der Waals surface area contributed by atoms with Crippen LogP contribution in [0.5, 0.6) is 0 Å². The first-order valence-corrected chi connectivity index (χ1v) is 8.14. The van der Waals surface area contributed by atoms with Crippen molar-refractivity contribution in [1.82, 2.24) is 10.6 Å². The van der Waals surface area contributed by atoms with E-state index >= 15 is 0 Å². The molecule has 0 aromatic carbocycles. The summed E-state index contributed by atoms with van der Waals surface area (Å²) >= 11 is 0. The van der Waals surface area contributed by atoms with Crippen molar-refractivity contribution in [3.63, 3.8) is 0 Å². The third kappa shape index (κ3) is 5.05. The zero-order chi connectivity index (χ0) is 16.2. The summed E-state index contributed by atoms with van der Waals surface area (Å²) in [5.41, 5.74) is 0.834. The molecule has 1 aromatic heterocycles. The van der Waals surface area contributed by atoms with Crippen molar-refractivity contribution in [1.29, 1.82) is 0 Å². The number of carbonyl (C=O) groups excluding carboxylic acids is 1. The average molecular weight is 308 g/mol. The molecule has 5 heteroatoms. The molecule has 2 unspecified atom stereocenters. The van der Waals surface area contributed by atoms with Crippen molar-refractivity contribution in [2.24, 2.45) is 0 Å². The quantitative estimate of drug-likeness (QED) is 0.873. The Bertz CT molecular complexity index is 490. The van der Waals surface area contributed by atoms with Crippen LogP contribution >= 0.6 is 0 Å². The molecule has 1 amide bonds. The van der Waals surface area contributed by atoms with Gasteiger partial charge in [-0.1, -0.05) is 0 Å². The van der Waals surface area contributed by atoms with Crippen LogP contribution in [0.2, 0.25) is 0 Å². The Morgan fingerprint density at radius 1 is 1.50 bits per heavy atom. The lowest BCUT2D eigenvalue weighted by Crippen LogP contribution is -2.39. The summed E-state index contributed by atoms with van der Waals surface area (Å²) in [6, 6.07) is 2.51. The van der Waals surface area contributed by atoms with Crippen LogP contribution in [0.3, 0.4) is 0 Å². The van der Waals surface area contributed by atoms with Gasteiger partial charge in [-0.05, 0) is 59.6 Å². The van der Waals surface area contributed by atoms with Gasteiger partial charge in [0.25, 0.3) is 0 Å². The molecule has 0 spiro atoms. The zero-order valence-electron chi connectivity index (χ0n) is 14.1. The second kappa shape index (κ2) is 7.18. The van der Waals surface area contributed by atoms with Gasteiger partial charge in [0.1, 0.15) is 11.4 Å². The molecule has 0 bridgehead atoms. The highest BCUT2D eigenvalue weighted by Gasteiger charge is 2.22. The summed E-state index contributed by atoms with van der Waals surface area (Å²) in [7, 11) is 0. The van der Waals surface area contributed by atoms with E-state index in [-0.39, 0.29) is 12.1 Å². The Morgan fingerprint density at radius 2 is 2.27 bits per heavy atom. The smallest absolute Gasteiger partial charge is 0.407 e. The minimum Gasteiger partial charge on any atom is -0.469 e. The third-order valence-electron chi connectivity index (χ3n) is 3.78. The van der Waals surface area contributed by atoms with E-state index in [4.69, 9.17) is 9.15 Å². The van der Waals surface area contributed by atoms with Gasteiger partial charge in [0.2, 0.25) is 0 Å². The molecule has 1 aliphatic carbocycles. The predicted octanol–water partition coefficient (Wildman–Crippen LogP) is 3.55. The first-order valence-electron chi connectivity index (χ1n) is 8.14. The molecular weight excluding hydrogens is 280 g/mol. The molecule has 22 heavy (non-hydrogen) atoms. The summed E-state index contributed by atoms with van der Waals surface area (Å²) in [6.45, 7) is 8.45. The fourth-order valence-corrected chi connectivity index (χ4v) is 2.75. The molecule has 0 radical (unpaired) electrons. The Labute approximate surface area is 132 Å². The minimum absolute atomic E-state index is 0.0785. The van der Waals surface area contributed by atoms with Crippen LogP contribution in [0.1, 0.15) is 64.3 Å². The number of hydrogen-bond donors (Lipinski definition) is 2.